The van der Waals surface area contributed by atoms with Gasteiger partial charge in [-0.3, -0.25) is 9.59 Å². The van der Waals surface area contributed by atoms with Crippen LogP contribution in [0.5, 0.6) is 23.0 Å². The topological polar surface area (TPSA) is 104 Å². The molecular weight excluding hydrogens is 478 g/mol. The van der Waals surface area contributed by atoms with E-state index in [0.29, 0.717) is 34.8 Å². The molecule has 0 bridgehead atoms. The zero-order valence-electron chi connectivity index (χ0n) is 22.0. The fourth-order valence-corrected chi connectivity index (χ4v) is 4.83. The Hall–Kier alpha value is -3.72. The predicted octanol–water partition coefficient (Wildman–Crippen LogP) is 3.88. The molecule has 1 fully saturated rings. The molecule has 2 unspecified atom stereocenters. The Morgan fingerprint density at radius 3 is 2.35 bits per heavy atom. The number of likely N-dealkylation sites (tertiary alicyclic amines) is 1. The van der Waals surface area contributed by atoms with Gasteiger partial charge in [-0.2, -0.15) is 0 Å². The summed E-state index contributed by atoms with van der Waals surface area (Å²) in [6.45, 7) is 6.12. The van der Waals surface area contributed by atoms with E-state index < -0.39 is 17.7 Å². The van der Waals surface area contributed by atoms with E-state index in [2.05, 4.69) is 0 Å². The lowest BCUT2D eigenvalue weighted by Crippen LogP contribution is -2.33. The van der Waals surface area contributed by atoms with Crippen molar-refractivity contribution in [2.75, 3.05) is 34.5 Å². The number of hydrogen-bond acceptors (Lipinski definition) is 8. The molecule has 1 amide bonds. The lowest BCUT2D eigenvalue weighted by atomic mass is 9.94. The summed E-state index contributed by atoms with van der Waals surface area (Å²) >= 11 is 0. The van der Waals surface area contributed by atoms with Crippen molar-refractivity contribution in [2.24, 2.45) is 0 Å². The molecule has 9 heteroatoms. The van der Waals surface area contributed by atoms with Gasteiger partial charge in [-0.25, -0.2) is 0 Å². The van der Waals surface area contributed by atoms with Crippen LogP contribution < -0.4 is 18.9 Å². The van der Waals surface area contributed by atoms with E-state index >= 15 is 0 Å². The number of carbonyl (C=O) groups is 2. The number of nitrogens with zero attached hydrogens (tertiary/aromatic N) is 1. The fourth-order valence-electron chi connectivity index (χ4n) is 4.83. The second-order valence-electron chi connectivity index (χ2n) is 9.33. The van der Waals surface area contributed by atoms with Crippen LogP contribution in [-0.4, -0.2) is 68.4 Å². The number of methoxy groups -OCH3 is 3. The van der Waals surface area contributed by atoms with Crippen LogP contribution in [0.3, 0.4) is 0 Å². The van der Waals surface area contributed by atoms with Crippen molar-refractivity contribution >= 4 is 17.4 Å². The first-order valence-electron chi connectivity index (χ1n) is 12.2. The Labute approximate surface area is 216 Å². The third kappa shape index (κ3) is 4.96. The fraction of sp³-hybridized carbons (Fsp3) is 0.429. The van der Waals surface area contributed by atoms with Crippen LogP contribution in [0.1, 0.15) is 43.5 Å². The molecule has 2 aromatic rings. The van der Waals surface area contributed by atoms with Gasteiger partial charge < -0.3 is 33.7 Å². The molecule has 2 aliphatic heterocycles. The van der Waals surface area contributed by atoms with Gasteiger partial charge in [-0.15, -0.1) is 0 Å². The molecule has 0 spiro atoms. The third-order valence-electron chi connectivity index (χ3n) is 6.50. The van der Waals surface area contributed by atoms with Gasteiger partial charge in [0, 0.05) is 18.5 Å². The highest BCUT2D eigenvalue weighted by Gasteiger charge is 2.46. The molecule has 2 aliphatic rings. The number of amides is 1. The lowest BCUT2D eigenvalue weighted by Gasteiger charge is -2.27. The quantitative estimate of drug-likeness (QED) is 0.307. The molecule has 0 aliphatic carbocycles. The van der Waals surface area contributed by atoms with Crippen molar-refractivity contribution in [1.29, 1.82) is 0 Å². The molecule has 198 valence electrons. The van der Waals surface area contributed by atoms with Crippen LogP contribution in [0.25, 0.3) is 5.76 Å². The maximum absolute atomic E-state index is 13.4. The molecule has 0 saturated carbocycles. The lowest BCUT2D eigenvalue weighted by molar-refractivity contribution is -0.140. The Morgan fingerprint density at radius 2 is 1.76 bits per heavy atom. The van der Waals surface area contributed by atoms with Gasteiger partial charge in [0.2, 0.25) is 5.75 Å². The standard InChI is InChI=1S/C28H33NO8/c1-15(2)36-10-9-29-24(19-13-21(33-4)27(35-6)22(14-19)34-5)23(26(31)28(29)32)25(30)17-7-8-20-18(12-17)11-16(3)37-20/h7-8,12-16,24,30H,9-11H2,1-6H3/b25-23+. The summed E-state index contributed by atoms with van der Waals surface area (Å²) in [6.07, 6.45) is 0.666. The zero-order chi connectivity index (χ0) is 26.9. The van der Waals surface area contributed by atoms with Crippen molar-refractivity contribution < 1.29 is 38.4 Å². The van der Waals surface area contributed by atoms with Crippen molar-refractivity contribution in [3.05, 3.63) is 52.6 Å². The molecule has 0 aromatic heterocycles. The van der Waals surface area contributed by atoms with E-state index in [4.69, 9.17) is 23.7 Å². The molecule has 2 atom stereocenters. The maximum Gasteiger partial charge on any atom is 0.295 e. The first-order chi connectivity index (χ1) is 17.7. The van der Waals surface area contributed by atoms with Crippen LogP contribution >= 0.6 is 0 Å². The van der Waals surface area contributed by atoms with Gasteiger partial charge in [-0.05, 0) is 62.2 Å². The Balaban J connectivity index is 1.87. The second-order valence-corrected chi connectivity index (χ2v) is 9.33. The Morgan fingerprint density at radius 1 is 1.08 bits per heavy atom. The number of ketones is 1. The number of Topliss-reactive ketones (excluding diaryl/α,β-unsaturated/α-hetero) is 1. The number of fused-ring (bicyclic) bond motifs is 1. The number of aliphatic hydroxyl groups excluding tert-OH is 1. The van der Waals surface area contributed by atoms with E-state index in [1.165, 1.54) is 26.2 Å². The molecular formula is C28H33NO8. The third-order valence-corrected chi connectivity index (χ3v) is 6.50. The summed E-state index contributed by atoms with van der Waals surface area (Å²) in [5.41, 5.74) is 1.87. The molecule has 4 rings (SSSR count). The van der Waals surface area contributed by atoms with Crippen LogP contribution in [0.15, 0.2) is 35.9 Å². The molecule has 1 saturated heterocycles. The zero-order valence-corrected chi connectivity index (χ0v) is 22.0. The Kier molecular flexibility index (Phi) is 7.63. The minimum Gasteiger partial charge on any atom is -0.507 e. The van der Waals surface area contributed by atoms with Gasteiger partial charge >= 0.3 is 0 Å². The van der Waals surface area contributed by atoms with Crippen molar-refractivity contribution in [3.63, 3.8) is 0 Å². The van der Waals surface area contributed by atoms with Crippen LogP contribution in [0.2, 0.25) is 0 Å². The number of hydrogen-bond donors (Lipinski definition) is 1. The van der Waals surface area contributed by atoms with E-state index in [-0.39, 0.29) is 36.7 Å². The van der Waals surface area contributed by atoms with E-state index in [1.807, 2.05) is 20.8 Å². The summed E-state index contributed by atoms with van der Waals surface area (Å²) < 4.78 is 27.9. The van der Waals surface area contributed by atoms with Crippen LogP contribution in [0.4, 0.5) is 0 Å². The van der Waals surface area contributed by atoms with Crippen molar-refractivity contribution in [2.45, 2.75) is 45.4 Å². The van der Waals surface area contributed by atoms with Crippen LogP contribution in [-0.2, 0) is 20.7 Å². The minimum atomic E-state index is -0.895. The largest absolute Gasteiger partial charge is 0.507 e. The number of benzene rings is 2. The SMILES string of the molecule is COc1cc(C2/C(=C(\O)c3ccc4c(c3)CC(C)O4)C(=O)C(=O)N2CCOC(C)C)cc(OC)c1OC. The molecule has 2 aromatic carbocycles. The van der Waals surface area contributed by atoms with E-state index in [9.17, 15) is 14.7 Å². The Bertz CT molecular complexity index is 1210. The normalized spacial score (nSPS) is 20.2. The molecule has 1 N–H and O–H groups in total. The number of rotatable bonds is 9. The first kappa shape index (κ1) is 26.3. The van der Waals surface area contributed by atoms with Gasteiger partial charge in [0.25, 0.3) is 11.7 Å². The monoisotopic (exact) mass is 511 g/mol. The maximum atomic E-state index is 13.4. The molecule has 2 heterocycles. The van der Waals surface area contributed by atoms with Gasteiger partial charge in [-0.1, -0.05) is 0 Å². The first-order valence-corrected chi connectivity index (χ1v) is 12.2. The number of ether oxygens (including phenoxy) is 5. The number of aliphatic hydroxyl groups is 1. The summed E-state index contributed by atoms with van der Waals surface area (Å²) in [6, 6.07) is 7.73. The van der Waals surface area contributed by atoms with Gasteiger partial charge in [0.15, 0.2) is 11.5 Å². The molecule has 37 heavy (non-hydrogen) atoms. The molecule has 0 radical (unpaired) electrons. The summed E-state index contributed by atoms with van der Waals surface area (Å²) in [5, 5.41) is 11.4. The average Bonchev–Trinajstić information content (AvgIpc) is 3.37. The van der Waals surface area contributed by atoms with Crippen LogP contribution in [0, 0.1) is 0 Å². The number of carbonyl (C=O) groups excluding carboxylic acids is 2. The van der Waals surface area contributed by atoms with Crippen molar-refractivity contribution in [1.82, 2.24) is 4.90 Å². The van der Waals surface area contributed by atoms with Gasteiger partial charge in [0.05, 0.1) is 45.7 Å². The van der Waals surface area contributed by atoms with E-state index in [1.54, 1.807) is 30.3 Å². The van der Waals surface area contributed by atoms with Gasteiger partial charge in [0.1, 0.15) is 17.6 Å². The van der Waals surface area contributed by atoms with E-state index in [0.717, 1.165) is 11.3 Å². The predicted molar refractivity (Wildman–Crippen MR) is 136 cm³/mol. The highest BCUT2D eigenvalue weighted by Crippen LogP contribution is 2.46. The van der Waals surface area contributed by atoms with Crippen molar-refractivity contribution in [3.8, 4) is 23.0 Å². The average molecular weight is 512 g/mol. The second kappa shape index (κ2) is 10.7. The summed E-state index contributed by atoms with van der Waals surface area (Å²) in [7, 11) is 4.47. The summed E-state index contributed by atoms with van der Waals surface area (Å²) in [5.74, 6) is 0.107. The summed E-state index contributed by atoms with van der Waals surface area (Å²) in [4.78, 5) is 28.0. The molecule has 9 nitrogen and oxygen atoms in total. The highest BCUT2D eigenvalue weighted by atomic mass is 16.5. The minimum absolute atomic E-state index is 0.0178. The highest BCUT2D eigenvalue weighted by molar-refractivity contribution is 6.46. The smallest absolute Gasteiger partial charge is 0.295 e.